The van der Waals surface area contributed by atoms with Gasteiger partial charge >= 0.3 is 0 Å². The summed E-state index contributed by atoms with van der Waals surface area (Å²) in [5.41, 5.74) is 1.79. The van der Waals surface area contributed by atoms with Crippen molar-refractivity contribution in [2.24, 2.45) is 0 Å². The van der Waals surface area contributed by atoms with Gasteiger partial charge in [-0.15, -0.1) is 11.3 Å². The number of fused-ring (bicyclic) bond motifs is 1. The minimum atomic E-state index is -3.53. The molecule has 1 atom stereocenters. The average Bonchev–Trinajstić information content (AvgIpc) is 2.95. The lowest BCUT2D eigenvalue weighted by molar-refractivity contribution is 0.325. The number of benzene rings is 1. The van der Waals surface area contributed by atoms with Crippen molar-refractivity contribution < 1.29 is 13.2 Å². The lowest BCUT2D eigenvalue weighted by Crippen LogP contribution is -2.29. The van der Waals surface area contributed by atoms with Gasteiger partial charge in [-0.3, -0.25) is 0 Å². The molecule has 0 bridgehead atoms. The number of halogens is 1. The highest BCUT2D eigenvalue weighted by atomic mass is 79.9. The van der Waals surface area contributed by atoms with Crippen LogP contribution in [0.4, 0.5) is 0 Å². The van der Waals surface area contributed by atoms with Gasteiger partial charge in [-0.2, -0.15) is 4.72 Å². The van der Waals surface area contributed by atoms with E-state index < -0.39 is 10.0 Å². The van der Waals surface area contributed by atoms with Gasteiger partial charge in [0, 0.05) is 5.56 Å². The smallest absolute Gasteiger partial charge is 0.250 e. The number of ether oxygens (including phenoxy) is 1. The molecular weight excluding hydrogens is 362 g/mol. The van der Waals surface area contributed by atoms with Crippen LogP contribution in [0.3, 0.4) is 0 Å². The standard InChI is InChI=1S/C13H12BrNO3S2/c1-8-6-12(19-13(8)14)20(16,17)15-10-7-18-11-5-3-2-4-9(10)11/h2-6,10,15H,7H2,1H3. The Bertz CT molecular complexity index is 735. The molecular formula is C13H12BrNO3S2. The lowest BCUT2D eigenvalue weighted by atomic mass is 10.1. The first-order valence-corrected chi connectivity index (χ1v) is 9.06. The summed E-state index contributed by atoms with van der Waals surface area (Å²) in [5.74, 6) is 0.740. The van der Waals surface area contributed by atoms with Crippen LogP contribution >= 0.6 is 27.3 Å². The van der Waals surface area contributed by atoms with E-state index in [1.54, 1.807) is 6.07 Å². The molecule has 7 heteroatoms. The van der Waals surface area contributed by atoms with Gasteiger partial charge in [-0.05, 0) is 40.5 Å². The van der Waals surface area contributed by atoms with Gasteiger partial charge in [0.25, 0.3) is 10.0 Å². The van der Waals surface area contributed by atoms with Crippen LogP contribution in [0.5, 0.6) is 5.75 Å². The maximum Gasteiger partial charge on any atom is 0.250 e. The fourth-order valence-corrected chi connectivity index (χ4v) is 5.51. The van der Waals surface area contributed by atoms with E-state index in [2.05, 4.69) is 20.7 Å². The van der Waals surface area contributed by atoms with E-state index in [0.717, 1.165) is 20.7 Å². The molecule has 2 heterocycles. The monoisotopic (exact) mass is 373 g/mol. The Labute approximate surface area is 130 Å². The molecule has 0 aliphatic carbocycles. The summed E-state index contributed by atoms with van der Waals surface area (Å²) < 4.78 is 34.1. The molecule has 1 unspecified atom stereocenters. The summed E-state index contributed by atoms with van der Waals surface area (Å²) >= 11 is 4.56. The van der Waals surface area contributed by atoms with Crippen LogP contribution in [0.2, 0.25) is 0 Å². The Kier molecular flexibility index (Phi) is 3.62. The van der Waals surface area contributed by atoms with Crippen LogP contribution < -0.4 is 9.46 Å². The zero-order chi connectivity index (χ0) is 14.3. The predicted molar refractivity (Wildman–Crippen MR) is 81.8 cm³/mol. The molecule has 1 aromatic carbocycles. The summed E-state index contributed by atoms with van der Waals surface area (Å²) in [7, 11) is -3.53. The van der Waals surface area contributed by atoms with E-state index >= 15 is 0 Å². The lowest BCUT2D eigenvalue weighted by Gasteiger charge is -2.10. The average molecular weight is 374 g/mol. The topological polar surface area (TPSA) is 55.4 Å². The minimum Gasteiger partial charge on any atom is -0.491 e. The predicted octanol–water partition coefficient (Wildman–Crippen LogP) is 3.23. The second kappa shape index (κ2) is 5.14. The van der Waals surface area contributed by atoms with Gasteiger partial charge in [0.05, 0.1) is 9.83 Å². The summed E-state index contributed by atoms with van der Waals surface area (Å²) in [6.07, 6.45) is 0. The molecule has 3 rings (SSSR count). The van der Waals surface area contributed by atoms with Crippen LogP contribution in [0.1, 0.15) is 17.2 Å². The molecule has 0 radical (unpaired) electrons. The molecule has 0 amide bonds. The maximum atomic E-state index is 12.4. The Morgan fingerprint density at radius 3 is 2.85 bits per heavy atom. The number of rotatable bonds is 3. The number of aryl methyl sites for hydroxylation is 1. The van der Waals surface area contributed by atoms with E-state index in [-0.39, 0.29) is 6.04 Å². The van der Waals surface area contributed by atoms with Crippen molar-refractivity contribution >= 4 is 37.3 Å². The molecule has 0 fully saturated rings. The van der Waals surface area contributed by atoms with Crippen LogP contribution in [-0.2, 0) is 10.0 Å². The first kappa shape index (κ1) is 14.1. The molecule has 1 aliphatic heterocycles. The zero-order valence-corrected chi connectivity index (χ0v) is 13.8. The van der Waals surface area contributed by atoms with Crippen molar-refractivity contribution in [1.29, 1.82) is 0 Å². The fourth-order valence-electron chi connectivity index (χ4n) is 2.07. The molecule has 0 saturated heterocycles. The van der Waals surface area contributed by atoms with Crippen molar-refractivity contribution in [2.45, 2.75) is 17.2 Å². The number of nitrogens with one attached hydrogen (secondary N) is 1. The molecule has 0 spiro atoms. The van der Waals surface area contributed by atoms with Crippen molar-refractivity contribution in [1.82, 2.24) is 4.72 Å². The van der Waals surface area contributed by atoms with Crippen LogP contribution in [0, 0.1) is 6.92 Å². The molecule has 2 aromatic rings. The van der Waals surface area contributed by atoms with Crippen LogP contribution in [0.15, 0.2) is 38.3 Å². The summed E-state index contributed by atoms with van der Waals surface area (Å²) in [5, 5.41) is 0. The van der Waals surface area contributed by atoms with Gasteiger partial charge in [-0.1, -0.05) is 18.2 Å². The largest absolute Gasteiger partial charge is 0.491 e. The number of hydrogen-bond donors (Lipinski definition) is 1. The Balaban J connectivity index is 1.88. The molecule has 1 aromatic heterocycles. The second-order valence-electron chi connectivity index (χ2n) is 4.54. The third-order valence-electron chi connectivity index (χ3n) is 3.10. The van der Waals surface area contributed by atoms with Crippen molar-refractivity contribution in [3.63, 3.8) is 0 Å². The number of hydrogen-bond acceptors (Lipinski definition) is 4. The second-order valence-corrected chi connectivity index (χ2v) is 8.86. The van der Waals surface area contributed by atoms with Gasteiger partial charge in [0.1, 0.15) is 16.6 Å². The Morgan fingerprint density at radius 1 is 1.40 bits per heavy atom. The van der Waals surface area contributed by atoms with Crippen molar-refractivity contribution in [3.8, 4) is 5.75 Å². The summed E-state index contributed by atoms with van der Waals surface area (Å²) in [6.45, 7) is 2.19. The minimum absolute atomic E-state index is 0.311. The Hall–Kier alpha value is -0.890. The fraction of sp³-hybridized carbons (Fsp3) is 0.231. The summed E-state index contributed by atoms with van der Waals surface area (Å²) in [4.78, 5) is 0. The third kappa shape index (κ3) is 2.50. The van der Waals surface area contributed by atoms with E-state index in [9.17, 15) is 8.42 Å². The van der Waals surface area contributed by atoms with E-state index in [1.807, 2.05) is 31.2 Å². The zero-order valence-electron chi connectivity index (χ0n) is 10.6. The SMILES string of the molecule is Cc1cc(S(=O)(=O)NC2COc3ccccc32)sc1Br. The normalized spacial score (nSPS) is 17.8. The molecule has 20 heavy (non-hydrogen) atoms. The maximum absolute atomic E-state index is 12.4. The Morgan fingerprint density at radius 2 is 2.15 bits per heavy atom. The molecule has 1 N–H and O–H groups in total. The van der Waals surface area contributed by atoms with Crippen LogP contribution in [0.25, 0.3) is 0 Å². The number of thiophene rings is 1. The number of sulfonamides is 1. The van der Waals surface area contributed by atoms with E-state index in [1.165, 1.54) is 11.3 Å². The number of para-hydroxylation sites is 1. The molecule has 1 aliphatic rings. The highest BCUT2D eigenvalue weighted by Crippen LogP contribution is 2.35. The molecule has 4 nitrogen and oxygen atoms in total. The molecule has 0 saturated carbocycles. The van der Waals surface area contributed by atoms with Gasteiger partial charge in [0.2, 0.25) is 0 Å². The van der Waals surface area contributed by atoms with Gasteiger partial charge in [-0.25, -0.2) is 8.42 Å². The van der Waals surface area contributed by atoms with E-state index in [4.69, 9.17) is 4.74 Å². The molecule has 106 valence electrons. The highest BCUT2D eigenvalue weighted by molar-refractivity contribution is 9.11. The van der Waals surface area contributed by atoms with Gasteiger partial charge < -0.3 is 4.74 Å². The van der Waals surface area contributed by atoms with Crippen LogP contribution in [-0.4, -0.2) is 15.0 Å². The first-order valence-electron chi connectivity index (χ1n) is 5.97. The highest BCUT2D eigenvalue weighted by Gasteiger charge is 2.29. The summed E-state index contributed by atoms with van der Waals surface area (Å²) in [6, 6.07) is 8.80. The third-order valence-corrected chi connectivity index (χ3v) is 7.18. The quantitative estimate of drug-likeness (QED) is 0.898. The van der Waals surface area contributed by atoms with Gasteiger partial charge in [0.15, 0.2) is 0 Å². The van der Waals surface area contributed by atoms with Crippen molar-refractivity contribution in [3.05, 3.63) is 45.2 Å². The van der Waals surface area contributed by atoms with E-state index in [0.29, 0.717) is 10.8 Å². The first-order chi connectivity index (χ1) is 9.47. The van der Waals surface area contributed by atoms with Crippen molar-refractivity contribution in [2.75, 3.05) is 6.61 Å².